The van der Waals surface area contributed by atoms with Crippen LogP contribution < -0.4 is 0 Å². The summed E-state index contributed by atoms with van der Waals surface area (Å²) in [6.07, 6.45) is 3.26. The zero-order valence-electron chi connectivity index (χ0n) is 13.7. The fourth-order valence-corrected chi connectivity index (χ4v) is 2.71. The van der Waals surface area contributed by atoms with Crippen LogP contribution in [0, 0.1) is 5.92 Å². The Labute approximate surface area is 144 Å². The lowest BCUT2D eigenvalue weighted by molar-refractivity contribution is -0.164. The second-order valence-corrected chi connectivity index (χ2v) is 5.30. The molecule has 0 radical (unpaired) electrons. The minimum absolute atomic E-state index is 0.170. The number of carbonyl (C=O) groups is 2. The summed E-state index contributed by atoms with van der Waals surface area (Å²) in [5.41, 5.74) is 0.851. The number of aromatic nitrogens is 4. The van der Waals surface area contributed by atoms with E-state index in [4.69, 9.17) is 21.1 Å². The van der Waals surface area contributed by atoms with Gasteiger partial charge in [0.1, 0.15) is 11.8 Å². The molecule has 130 valence electrons. The summed E-state index contributed by atoms with van der Waals surface area (Å²) in [5, 5.41) is 0.206. The number of ether oxygens (including phenoxy) is 2. The van der Waals surface area contributed by atoms with Crippen LogP contribution in [0.25, 0.3) is 11.2 Å². The summed E-state index contributed by atoms with van der Waals surface area (Å²) < 4.78 is 11.8. The van der Waals surface area contributed by atoms with E-state index in [2.05, 4.69) is 15.0 Å². The number of fused-ring (bicyclic) bond motifs is 1. The Balaban J connectivity index is 2.49. The van der Waals surface area contributed by atoms with Crippen LogP contribution in [0.15, 0.2) is 12.7 Å². The smallest absolute Gasteiger partial charge is 0.322 e. The van der Waals surface area contributed by atoms with Gasteiger partial charge >= 0.3 is 11.9 Å². The molecular weight excluding hydrogens is 336 g/mol. The van der Waals surface area contributed by atoms with Gasteiger partial charge in [-0.1, -0.05) is 18.5 Å². The van der Waals surface area contributed by atoms with E-state index in [0.29, 0.717) is 17.6 Å². The predicted molar refractivity (Wildman–Crippen MR) is 86.4 cm³/mol. The van der Waals surface area contributed by atoms with Crippen molar-refractivity contribution in [1.29, 1.82) is 0 Å². The van der Waals surface area contributed by atoms with Crippen molar-refractivity contribution in [3.05, 3.63) is 17.8 Å². The highest BCUT2D eigenvalue weighted by atomic mass is 35.5. The number of carbonyl (C=O) groups excluding carboxylic acids is 2. The van der Waals surface area contributed by atoms with E-state index in [1.165, 1.54) is 12.7 Å². The predicted octanol–water partition coefficient (Wildman–Crippen LogP) is 2.17. The maximum absolute atomic E-state index is 12.3. The van der Waals surface area contributed by atoms with E-state index in [1.807, 2.05) is 6.92 Å². The summed E-state index contributed by atoms with van der Waals surface area (Å²) in [5.74, 6) is -2.38. The number of rotatable bonds is 7. The highest BCUT2D eigenvalue weighted by molar-refractivity contribution is 6.33. The van der Waals surface area contributed by atoms with Crippen molar-refractivity contribution in [2.45, 2.75) is 33.2 Å². The molecule has 0 bridgehead atoms. The fourth-order valence-electron chi connectivity index (χ4n) is 2.53. The molecule has 0 aliphatic heterocycles. The molecule has 0 fully saturated rings. The van der Waals surface area contributed by atoms with Crippen molar-refractivity contribution in [2.75, 3.05) is 13.2 Å². The van der Waals surface area contributed by atoms with Gasteiger partial charge in [0.25, 0.3) is 0 Å². The van der Waals surface area contributed by atoms with Gasteiger partial charge in [0, 0.05) is 0 Å². The van der Waals surface area contributed by atoms with E-state index >= 15 is 0 Å². The van der Waals surface area contributed by atoms with Gasteiger partial charge in [0.15, 0.2) is 16.7 Å². The van der Waals surface area contributed by atoms with E-state index in [0.717, 1.165) is 0 Å². The van der Waals surface area contributed by atoms with E-state index < -0.39 is 23.9 Å². The molecule has 0 spiro atoms. The Morgan fingerprint density at radius 1 is 1.12 bits per heavy atom. The molecule has 9 heteroatoms. The SMILES string of the molecule is CCOC(=O)C(C(=O)OCC)C(CC)n1cnc2c(Cl)ncnc21. The molecule has 1 unspecified atom stereocenters. The first-order chi connectivity index (χ1) is 11.5. The quantitative estimate of drug-likeness (QED) is 0.427. The zero-order valence-corrected chi connectivity index (χ0v) is 14.5. The van der Waals surface area contributed by atoms with E-state index in [1.54, 1.807) is 18.4 Å². The molecule has 0 saturated heterocycles. The second-order valence-electron chi connectivity index (χ2n) is 4.95. The minimum atomic E-state index is -1.11. The topological polar surface area (TPSA) is 96.2 Å². The Morgan fingerprint density at radius 3 is 2.29 bits per heavy atom. The first-order valence-electron chi connectivity index (χ1n) is 7.71. The summed E-state index contributed by atoms with van der Waals surface area (Å²) in [7, 11) is 0. The van der Waals surface area contributed by atoms with Crippen molar-refractivity contribution >= 4 is 34.7 Å². The van der Waals surface area contributed by atoms with Gasteiger partial charge in [-0.15, -0.1) is 0 Å². The standard InChI is InChI=1S/C15H19ClN4O4/c1-4-9(10(14(21)23-5-2)15(22)24-6-3)20-8-19-11-12(16)17-7-18-13(11)20/h7-10H,4-6H2,1-3H3. The van der Waals surface area contributed by atoms with Crippen LogP contribution in [0.1, 0.15) is 33.2 Å². The minimum Gasteiger partial charge on any atom is -0.465 e. The molecule has 24 heavy (non-hydrogen) atoms. The summed E-state index contributed by atoms with van der Waals surface area (Å²) in [6, 6.07) is -0.556. The normalized spacial score (nSPS) is 12.4. The summed E-state index contributed by atoms with van der Waals surface area (Å²) >= 11 is 6.01. The Morgan fingerprint density at radius 2 is 1.75 bits per heavy atom. The number of imidazole rings is 1. The fraction of sp³-hybridized carbons (Fsp3) is 0.533. The van der Waals surface area contributed by atoms with Crippen LogP contribution in [0.3, 0.4) is 0 Å². The largest absolute Gasteiger partial charge is 0.465 e. The third kappa shape index (κ3) is 3.48. The van der Waals surface area contributed by atoms with Crippen LogP contribution >= 0.6 is 11.6 Å². The van der Waals surface area contributed by atoms with Gasteiger partial charge in [0.2, 0.25) is 0 Å². The molecule has 2 rings (SSSR count). The molecule has 2 aromatic rings. The highest BCUT2D eigenvalue weighted by Gasteiger charge is 2.38. The Hall–Kier alpha value is -2.22. The maximum atomic E-state index is 12.3. The van der Waals surface area contributed by atoms with Crippen LogP contribution in [0.2, 0.25) is 5.15 Å². The van der Waals surface area contributed by atoms with Crippen LogP contribution in [-0.4, -0.2) is 44.7 Å². The lowest BCUT2D eigenvalue weighted by Gasteiger charge is -2.24. The van der Waals surface area contributed by atoms with Crippen LogP contribution in [0.4, 0.5) is 0 Å². The maximum Gasteiger partial charge on any atom is 0.322 e. The summed E-state index contributed by atoms with van der Waals surface area (Å²) in [4.78, 5) is 36.9. The third-order valence-electron chi connectivity index (χ3n) is 3.56. The van der Waals surface area contributed by atoms with Crippen molar-refractivity contribution in [1.82, 2.24) is 19.5 Å². The monoisotopic (exact) mass is 354 g/mol. The molecule has 2 heterocycles. The zero-order chi connectivity index (χ0) is 17.7. The molecule has 2 aromatic heterocycles. The summed E-state index contributed by atoms with van der Waals surface area (Å²) in [6.45, 7) is 5.56. The molecular formula is C15H19ClN4O4. The van der Waals surface area contributed by atoms with Crippen molar-refractivity contribution < 1.29 is 19.1 Å². The van der Waals surface area contributed by atoms with Gasteiger partial charge < -0.3 is 14.0 Å². The Kier molecular flexibility index (Phi) is 6.08. The molecule has 0 amide bonds. The first kappa shape index (κ1) is 18.1. The highest BCUT2D eigenvalue weighted by Crippen LogP contribution is 2.29. The molecule has 0 aromatic carbocycles. The molecule has 0 aliphatic rings. The molecule has 0 saturated carbocycles. The number of halogens is 1. The average Bonchev–Trinajstić information content (AvgIpc) is 2.98. The number of hydrogen-bond acceptors (Lipinski definition) is 7. The lowest BCUT2D eigenvalue weighted by Crippen LogP contribution is -2.35. The van der Waals surface area contributed by atoms with E-state index in [-0.39, 0.29) is 18.4 Å². The van der Waals surface area contributed by atoms with Gasteiger partial charge in [0.05, 0.1) is 25.6 Å². The average molecular weight is 355 g/mol. The molecule has 0 N–H and O–H groups in total. The van der Waals surface area contributed by atoms with Crippen LogP contribution in [-0.2, 0) is 19.1 Å². The van der Waals surface area contributed by atoms with Gasteiger partial charge in [-0.05, 0) is 20.3 Å². The van der Waals surface area contributed by atoms with Crippen molar-refractivity contribution in [2.24, 2.45) is 5.92 Å². The number of hydrogen-bond donors (Lipinski definition) is 0. The third-order valence-corrected chi connectivity index (χ3v) is 3.83. The van der Waals surface area contributed by atoms with Gasteiger partial charge in [-0.3, -0.25) is 9.59 Å². The first-order valence-corrected chi connectivity index (χ1v) is 8.09. The van der Waals surface area contributed by atoms with E-state index in [9.17, 15) is 9.59 Å². The molecule has 0 aliphatic carbocycles. The van der Waals surface area contributed by atoms with Gasteiger partial charge in [-0.25, -0.2) is 15.0 Å². The van der Waals surface area contributed by atoms with Crippen LogP contribution in [0.5, 0.6) is 0 Å². The number of esters is 2. The van der Waals surface area contributed by atoms with Crippen molar-refractivity contribution in [3.8, 4) is 0 Å². The van der Waals surface area contributed by atoms with Gasteiger partial charge in [-0.2, -0.15) is 0 Å². The number of nitrogens with zero attached hydrogens (tertiary/aromatic N) is 4. The Bertz CT molecular complexity index is 715. The molecule has 1 atom stereocenters. The lowest BCUT2D eigenvalue weighted by atomic mass is 9.97. The van der Waals surface area contributed by atoms with Crippen molar-refractivity contribution in [3.63, 3.8) is 0 Å². The second kappa shape index (κ2) is 8.05. The molecule has 8 nitrogen and oxygen atoms in total.